The van der Waals surface area contributed by atoms with Gasteiger partial charge in [-0.05, 0) is 42.2 Å². The van der Waals surface area contributed by atoms with Gasteiger partial charge >= 0.3 is 18.1 Å². The average molecular weight is 556 g/mol. The van der Waals surface area contributed by atoms with Crippen molar-refractivity contribution in [3.05, 3.63) is 118 Å². The minimum Gasteiger partial charge on any atom is -0.481 e. The number of nitrogens with zero attached hydrogens (tertiary/aromatic N) is 1. The second kappa shape index (κ2) is 11.9. The molecule has 2 atom stereocenters. The predicted molar refractivity (Wildman–Crippen MR) is 142 cm³/mol. The lowest BCUT2D eigenvalue weighted by atomic mass is 9.75. The number of benzene rings is 3. The molecule has 2 unspecified atom stereocenters. The Morgan fingerprint density at radius 2 is 1.56 bits per heavy atom. The molecule has 5 nitrogen and oxygen atoms in total. The molecule has 3 aromatic carbocycles. The van der Waals surface area contributed by atoms with Crippen LogP contribution in [0.3, 0.4) is 0 Å². The predicted octanol–water partition coefficient (Wildman–Crippen LogP) is 7.18. The number of allylic oxidation sites excluding steroid dienone is 1. The maximum Gasteiger partial charge on any atom is 0.433 e. The zero-order valence-corrected chi connectivity index (χ0v) is 21.6. The smallest absolute Gasteiger partial charge is 0.433 e. The molecule has 39 heavy (non-hydrogen) atoms. The molecule has 202 valence electrons. The number of carbonyl (C=O) groups is 2. The zero-order valence-electron chi connectivity index (χ0n) is 20.9. The molecule has 0 saturated heterocycles. The van der Waals surface area contributed by atoms with Crippen molar-refractivity contribution < 1.29 is 32.6 Å². The Kier molecular flexibility index (Phi) is 8.55. The summed E-state index contributed by atoms with van der Waals surface area (Å²) in [5.74, 6) is -5.88. The van der Waals surface area contributed by atoms with Gasteiger partial charge in [0.25, 0.3) is 0 Å². The number of aliphatic carboxylic acids is 1. The third-order valence-corrected chi connectivity index (χ3v) is 6.88. The SMILES string of the molecule is CC1=NC(C(F)(F)F)=C(C(=O)OCCC(c2ccccc2)c2ccccc2)C(c2cccc(Cl)c2)C1C(=O)O. The van der Waals surface area contributed by atoms with Crippen molar-refractivity contribution in [2.75, 3.05) is 6.61 Å². The maximum atomic E-state index is 14.2. The minimum absolute atomic E-state index is 0.143. The Bertz CT molecular complexity index is 1360. The first-order valence-electron chi connectivity index (χ1n) is 12.2. The highest BCUT2D eigenvalue weighted by Crippen LogP contribution is 2.45. The molecule has 0 radical (unpaired) electrons. The number of esters is 1. The molecule has 1 aliphatic heterocycles. The van der Waals surface area contributed by atoms with Gasteiger partial charge in [-0.15, -0.1) is 0 Å². The van der Waals surface area contributed by atoms with Gasteiger partial charge in [-0.25, -0.2) is 4.79 Å². The molecule has 1 N–H and O–H groups in total. The Hall–Kier alpha value is -3.91. The number of halogens is 4. The Labute approximate surface area is 228 Å². The topological polar surface area (TPSA) is 76.0 Å². The highest BCUT2D eigenvalue weighted by atomic mass is 35.5. The maximum absolute atomic E-state index is 14.2. The van der Waals surface area contributed by atoms with E-state index in [9.17, 15) is 27.9 Å². The van der Waals surface area contributed by atoms with Crippen molar-refractivity contribution in [3.63, 3.8) is 0 Å². The molecule has 0 aromatic heterocycles. The molecule has 9 heteroatoms. The van der Waals surface area contributed by atoms with Gasteiger partial charge in [0, 0.05) is 22.6 Å². The summed E-state index contributed by atoms with van der Waals surface area (Å²) in [7, 11) is 0. The Balaban J connectivity index is 1.69. The summed E-state index contributed by atoms with van der Waals surface area (Å²) in [6.45, 7) is 0.999. The quantitative estimate of drug-likeness (QED) is 0.299. The van der Waals surface area contributed by atoms with Crippen molar-refractivity contribution >= 4 is 29.3 Å². The van der Waals surface area contributed by atoms with Crippen molar-refractivity contribution in [1.82, 2.24) is 0 Å². The third-order valence-electron chi connectivity index (χ3n) is 6.64. The summed E-state index contributed by atoms with van der Waals surface area (Å²) in [6, 6.07) is 24.7. The first-order chi connectivity index (χ1) is 18.6. The standard InChI is InChI=1S/C30H25ClF3NO4/c1-18-24(28(36)37)25(21-13-8-14-22(31)17-21)26(27(35-18)30(32,33)34)29(38)39-16-15-23(19-9-4-2-5-10-19)20-11-6-3-7-12-20/h2-14,17,23-25H,15-16H2,1H3,(H,36,37). The zero-order chi connectivity index (χ0) is 28.2. The van der Waals surface area contributed by atoms with Crippen molar-refractivity contribution in [2.45, 2.75) is 31.4 Å². The number of hydrogen-bond acceptors (Lipinski definition) is 4. The summed E-state index contributed by atoms with van der Waals surface area (Å²) >= 11 is 6.08. The van der Waals surface area contributed by atoms with Gasteiger partial charge in [0.1, 0.15) is 5.92 Å². The van der Waals surface area contributed by atoms with Crippen LogP contribution in [0.25, 0.3) is 0 Å². The lowest BCUT2D eigenvalue weighted by molar-refractivity contribution is -0.142. The second-order valence-corrected chi connectivity index (χ2v) is 9.60. The number of hydrogen-bond donors (Lipinski definition) is 1. The summed E-state index contributed by atoms with van der Waals surface area (Å²) in [5.41, 5.74) is -0.533. The van der Waals surface area contributed by atoms with Crippen LogP contribution in [0.4, 0.5) is 13.2 Å². The van der Waals surface area contributed by atoms with E-state index in [1.165, 1.54) is 31.2 Å². The number of ether oxygens (including phenoxy) is 1. The molecule has 4 rings (SSSR count). The fourth-order valence-electron chi connectivity index (χ4n) is 4.93. The molecule has 0 fully saturated rings. The summed E-state index contributed by atoms with van der Waals surface area (Å²) in [5, 5.41) is 10.1. The first kappa shape index (κ1) is 28.1. The van der Waals surface area contributed by atoms with Crippen LogP contribution in [0.5, 0.6) is 0 Å². The van der Waals surface area contributed by atoms with Crippen molar-refractivity contribution in [1.29, 1.82) is 0 Å². The van der Waals surface area contributed by atoms with E-state index in [4.69, 9.17) is 16.3 Å². The number of carboxylic acid groups (broad SMARTS) is 1. The van der Waals surface area contributed by atoms with Crippen molar-refractivity contribution in [2.24, 2.45) is 10.9 Å². The van der Waals surface area contributed by atoms with E-state index in [0.29, 0.717) is 6.42 Å². The van der Waals surface area contributed by atoms with E-state index < -0.39 is 41.2 Å². The molecule has 1 heterocycles. The van der Waals surface area contributed by atoms with Gasteiger partial charge in [-0.1, -0.05) is 84.4 Å². The normalized spacial score (nSPS) is 17.6. The van der Waals surface area contributed by atoms with E-state index in [1.807, 2.05) is 60.7 Å². The molecule has 0 bridgehead atoms. The fourth-order valence-corrected chi connectivity index (χ4v) is 5.12. The molecule has 0 aliphatic carbocycles. The number of carboxylic acids is 1. The van der Waals surface area contributed by atoms with Crippen LogP contribution in [0.1, 0.15) is 41.9 Å². The number of alkyl halides is 3. The van der Waals surface area contributed by atoms with E-state index in [1.54, 1.807) is 0 Å². The molecule has 1 aliphatic rings. The Morgan fingerprint density at radius 3 is 2.08 bits per heavy atom. The van der Waals surface area contributed by atoms with Crippen LogP contribution >= 0.6 is 11.6 Å². The molecular weight excluding hydrogens is 531 g/mol. The summed E-state index contributed by atoms with van der Waals surface area (Å²) < 4.78 is 47.9. The van der Waals surface area contributed by atoms with Gasteiger partial charge in [0.15, 0.2) is 5.70 Å². The summed E-state index contributed by atoms with van der Waals surface area (Å²) in [4.78, 5) is 29.1. The first-order valence-corrected chi connectivity index (χ1v) is 12.6. The van der Waals surface area contributed by atoms with Crippen LogP contribution in [-0.2, 0) is 14.3 Å². The van der Waals surface area contributed by atoms with Crippen LogP contribution < -0.4 is 0 Å². The monoisotopic (exact) mass is 555 g/mol. The summed E-state index contributed by atoms with van der Waals surface area (Å²) in [6.07, 6.45) is -4.73. The van der Waals surface area contributed by atoms with Crippen LogP contribution in [0.2, 0.25) is 5.02 Å². The van der Waals surface area contributed by atoms with E-state index >= 15 is 0 Å². The fraction of sp³-hybridized carbons (Fsp3) is 0.233. The van der Waals surface area contributed by atoms with E-state index in [2.05, 4.69) is 4.99 Å². The molecule has 0 spiro atoms. The highest BCUT2D eigenvalue weighted by Gasteiger charge is 2.49. The van der Waals surface area contributed by atoms with Gasteiger partial charge in [-0.3, -0.25) is 9.79 Å². The molecular formula is C30H25ClF3NO4. The van der Waals surface area contributed by atoms with Crippen molar-refractivity contribution in [3.8, 4) is 0 Å². The van der Waals surface area contributed by atoms with Gasteiger partial charge < -0.3 is 9.84 Å². The molecule has 0 amide bonds. The van der Waals surface area contributed by atoms with Gasteiger partial charge in [0.2, 0.25) is 0 Å². The molecule has 3 aromatic rings. The number of carbonyl (C=O) groups excluding carboxylic acids is 1. The van der Waals surface area contributed by atoms with Gasteiger partial charge in [-0.2, -0.15) is 13.2 Å². The lowest BCUT2D eigenvalue weighted by Crippen LogP contribution is -2.38. The van der Waals surface area contributed by atoms with Crippen LogP contribution in [-0.4, -0.2) is 35.5 Å². The Morgan fingerprint density at radius 1 is 0.974 bits per heavy atom. The third kappa shape index (κ3) is 6.40. The average Bonchev–Trinajstić information content (AvgIpc) is 2.90. The van der Waals surface area contributed by atoms with E-state index in [-0.39, 0.29) is 28.8 Å². The highest BCUT2D eigenvalue weighted by molar-refractivity contribution is 6.30. The van der Waals surface area contributed by atoms with Crippen LogP contribution in [0, 0.1) is 5.92 Å². The second-order valence-electron chi connectivity index (χ2n) is 9.16. The number of aliphatic imine (C=N–C) groups is 1. The number of rotatable bonds is 8. The lowest BCUT2D eigenvalue weighted by Gasteiger charge is -2.31. The van der Waals surface area contributed by atoms with E-state index in [0.717, 1.165) is 11.1 Å². The molecule has 0 saturated carbocycles. The minimum atomic E-state index is -5.02. The van der Waals surface area contributed by atoms with Crippen LogP contribution in [0.15, 0.2) is 101 Å². The van der Waals surface area contributed by atoms with Gasteiger partial charge in [0.05, 0.1) is 12.2 Å². The largest absolute Gasteiger partial charge is 0.481 e.